The summed E-state index contributed by atoms with van der Waals surface area (Å²) >= 11 is 0. The van der Waals surface area contributed by atoms with Crippen molar-refractivity contribution < 1.29 is 0 Å². The molecule has 1 N–H and O–H groups in total. The lowest BCUT2D eigenvalue weighted by molar-refractivity contribution is 1.31. The van der Waals surface area contributed by atoms with E-state index in [4.69, 9.17) is 0 Å². The highest BCUT2D eigenvalue weighted by molar-refractivity contribution is 5.87. The molecule has 0 fully saturated rings. The summed E-state index contributed by atoms with van der Waals surface area (Å²) in [5.41, 5.74) is 4.32. The number of nitrogens with one attached hydrogen (secondary N) is 1. The Balaban J connectivity index is 2.03. The second-order valence-electron chi connectivity index (χ2n) is 5.30. The fourth-order valence-electron chi connectivity index (χ4n) is 2.76. The quantitative estimate of drug-likeness (QED) is 0.741. The van der Waals surface area contributed by atoms with E-state index in [2.05, 4.69) is 10.3 Å². The Kier molecular flexibility index (Phi) is 2.97. The van der Waals surface area contributed by atoms with Gasteiger partial charge in [0.15, 0.2) is 5.43 Å². The maximum absolute atomic E-state index is 12.8. The van der Waals surface area contributed by atoms with Gasteiger partial charge in [-0.3, -0.25) is 9.78 Å². The summed E-state index contributed by atoms with van der Waals surface area (Å²) in [5.74, 6) is 0. The summed E-state index contributed by atoms with van der Waals surface area (Å²) in [6.45, 7) is 0.746. The predicted octanol–water partition coefficient (Wildman–Crippen LogP) is 3.70. The van der Waals surface area contributed by atoms with Crippen LogP contribution in [-0.2, 0) is 0 Å². The van der Waals surface area contributed by atoms with Crippen LogP contribution in [0.15, 0.2) is 65.6 Å². The lowest BCUT2D eigenvalue weighted by atomic mass is 10.1. The van der Waals surface area contributed by atoms with E-state index in [0.29, 0.717) is 16.5 Å². The van der Waals surface area contributed by atoms with Crippen LogP contribution in [0.2, 0.25) is 0 Å². The Morgan fingerprint density at radius 2 is 1.86 bits per heavy atom. The van der Waals surface area contributed by atoms with Crippen LogP contribution in [0.3, 0.4) is 0 Å². The third-order valence-electron chi connectivity index (χ3n) is 3.91. The molecule has 22 heavy (non-hydrogen) atoms. The largest absolute Gasteiger partial charge is 0.381 e. The molecule has 0 saturated carbocycles. The molecule has 3 nitrogen and oxygen atoms in total. The first-order valence-electron chi connectivity index (χ1n) is 7.26. The minimum Gasteiger partial charge on any atom is -0.381 e. The lowest BCUT2D eigenvalue weighted by Crippen LogP contribution is -2.11. The van der Waals surface area contributed by atoms with Gasteiger partial charge in [0.05, 0.1) is 5.52 Å². The molecule has 0 radical (unpaired) electrons. The molecule has 3 aromatic rings. The molecule has 0 bridgehead atoms. The van der Waals surface area contributed by atoms with Crippen LogP contribution in [-0.4, -0.2) is 11.5 Å². The molecule has 0 amide bonds. The molecular formula is C19H14N2O. The van der Waals surface area contributed by atoms with Gasteiger partial charge in [-0.1, -0.05) is 42.5 Å². The number of hydrogen-bond donors (Lipinski definition) is 1. The summed E-state index contributed by atoms with van der Waals surface area (Å²) in [5, 5.41) is 3.88. The van der Waals surface area contributed by atoms with Gasteiger partial charge in [0, 0.05) is 34.9 Å². The Labute approximate surface area is 128 Å². The normalized spacial score (nSPS) is 12.7. The summed E-state index contributed by atoms with van der Waals surface area (Å²) in [7, 11) is 0. The smallest absolute Gasteiger partial charge is 0.197 e. The van der Waals surface area contributed by atoms with Gasteiger partial charge in [-0.25, -0.2) is 0 Å². The van der Waals surface area contributed by atoms with Crippen LogP contribution >= 0.6 is 0 Å². The molecular weight excluding hydrogens is 272 g/mol. The Morgan fingerprint density at radius 3 is 2.73 bits per heavy atom. The number of aromatic nitrogens is 1. The van der Waals surface area contributed by atoms with Crippen LogP contribution in [0, 0.1) is 0 Å². The molecule has 0 unspecified atom stereocenters. The van der Waals surface area contributed by atoms with Crippen molar-refractivity contribution in [3.63, 3.8) is 0 Å². The summed E-state index contributed by atoms with van der Waals surface area (Å²) < 4.78 is 0. The van der Waals surface area contributed by atoms with E-state index in [0.717, 1.165) is 23.4 Å². The van der Waals surface area contributed by atoms with Gasteiger partial charge in [0.25, 0.3) is 0 Å². The highest BCUT2D eigenvalue weighted by Crippen LogP contribution is 2.23. The highest BCUT2D eigenvalue weighted by atomic mass is 16.1. The first-order valence-corrected chi connectivity index (χ1v) is 7.26. The minimum absolute atomic E-state index is 0.0173. The third-order valence-corrected chi connectivity index (χ3v) is 3.91. The van der Waals surface area contributed by atoms with Crippen molar-refractivity contribution in [3.8, 4) is 11.1 Å². The average molecular weight is 286 g/mol. The van der Waals surface area contributed by atoms with Gasteiger partial charge in [-0.2, -0.15) is 0 Å². The second-order valence-corrected chi connectivity index (χ2v) is 5.30. The van der Waals surface area contributed by atoms with Crippen LogP contribution < -0.4 is 10.7 Å². The predicted molar refractivity (Wildman–Crippen MR) is 91.0 cm³/mol. The van der Waals surface area contributed by atoms with Gasteiger partial charge < -0.3 is 5.32 Å². The number of anilines is 1. The SMILES string of the molecule is O=c1c2c(ccc3ncc(-c4ccccc4)cc13)NCC=C2. The summed E-state index contributed by atoms with van der Waals surface area (Å²) in [6.07, 6.45) is 5.67. The standard InChI is InChI=1S/C19H14N2O/c22-19-15-7-4-10-20-17(15)8-9-18-16(19)11-14(12-21-18)13-5-2-1-3-6-13/h1-9,11-12,20H,10H2. The molecule has 1 aliphatic rings. The Bertz CT molecular complexity index is 946. The van der Waals surface area contributed by atoms with Gasteiger partial charge in [0.2, 0.25) is 0 Å². The number of nitrogens with zero attached hydrogens (tertiary/aromatic N) is 1. The van der Waals surface area contributed by atoms with Crippen molar-refractivity contribution in [2.24, 2.45) is 0 Å². The maximum Gasteiger partial charge on any atom is 0.197 e. The fraction of sp³-hybridized carbons (Fsp3) is 0.0526. The van der Waals surface area contributed by atoms with Crippen molar-refractivity contribution in [1.82, 2.24) is 4.98 Å². The second kappa shape index (κ2) is 5.11. The van der Waals surface area contributed by atoms with Crippen molar-refractivity contribution in [2.75, 3.05) is 11.9 Å². The first kappa shape index (κ1) is 12.8. The number of rotatable bonds is 1. The number of pyridine rings is 1. The molecule has 1 aromatic heterocycles. The van der Waals surface area contributed by atoms with Gasteiger partial charge in [-0.05, 0) is 23.8 Å². The fourth-order valence-corrected chi connectivity index (χ4v) is 2.76. The zero-order chi connectivity index (χ0) is 14.9. The maximum atomic E-state index is 12.8. The summed E-state index contributed by atoms with van der Waals surface area (Å²) in [4.78, 5) is 17.3. The number of fused-ring (bicyclic) bond motifs is 2. The first-order chi connectivity index (χ1) is 10.8. The molecule has 0 atom stereocenters. The topological polar surface area (TPSA) is 42.0 Å². The van der Waals surface area contributed by atoms with Crippen molar-refractivity contribution in [3.05, 3.63) is 76.6 Å². The van der Waals surface area contributed by atoms with Gasteiger partial charge in [-0.15, -0.1) is 0 Å². The van der Waals surface area contributed by atoms with E-state index in [1.54, 1.807) is 0 Å². The lowest BCUT2D eigenvalue weighted by Gasteiger charge is -2.08. The van der Waals surface area contributed by atoms with E-state index in [9.17, 15) is 4.79 Å². The van der Waals surface area contributed by atoms with Crippen LogP contribution in [0.25, 0.3) is 28.1 Å². The minimum atomic E-state index is 0.0173. The van der Waals surface area contributed by atoms with Crippen LogP contribution in [0.1, 0.15) is 5.56 Å². The molecule has 0 saturated heterocycles. The molecule has 4 rings (SSSR count). The van der Waals surface area contributed by atoms with Crippen molar-refractivity contribution in [1.29, 1.82) is 0 Å². The molecule has 106 valence electrons. The monoisotopic (exact) mass is 286 g/mol. The third kappa shape index (κ3) is 2.07. The van der Waals surface area contributed by atoms with Crippen LogP contribution in [0.5, 0.6) is 0 Å². The summed E-state index contributed by atoms with van der Waals surface area (Å²) in [6, 6.07) is 15.7. The molecule has 0 spiro atoms. The van der Waals surface area contributed by atoms with E-state index in [-0.39, 0.29) is 5.43 Å². The van der Waals surface area contributed by atoms with E-state index in [1.807, 2.05) is 66.9 Å². The Hall–Kier alpha value is -2.94. The zero-order valence-electron chi connectivity index (χ0n) is 11.9. The van der Waals surface area contributed by atoms with E-state index >= 15 is 0 Å². The molecule has 0 aliphatic carbocycles. The molecule has 3 heteroatoms. The Morgan fingerprint density at radius 1 is 1.00 bits per heavy atom. The molecule has 2 aromatic carbocycles. The average Bonchev–Trinajstić information content (AvgIpc) is 2.73. The molecule has 2 heterocycles. The number of hydrogen-bond acceptors (Lipinski definition) is 3. The van der Waals surface area contributed by atoms with E-state index in [1.165, 1.54) is 0 Å². The van der Waals surface area contributed by atoms with E-state index < -0.39 is 0 Å². The molecule has 1 aliphatic heterocycles. The van der Waals surface area contributed by atoms with Crippen LogP contribution in [0.4, 0.5) is 5.69 Å². The van der Waals surface area contributed by atoms with Crippen molar-refractivity contribution >= 4 is 22.7 Å². The van der Waals surface area contributed by atoms with Gasteiger partial charge >= 0.3 is 0 Å². The van der Waals surface area contributed by atoms with Crippen molar-refractivity contribution in [2.45, 2.75) is 0 Å². The van der Waals surface area contributed by atoms with Gasteiger partial charge in [0.1, 0.15) is 0 Å². The zero-order valence-corrected chi connectivity index (χ0v) is 11.9. The highest BCUT2D eigenvalue weighted by Gasteiger charge is 2.10. The number of benzene rings is 1.